The Labute approximate surface area is 144 Å². The van der Waals surface area contributed by atoms with Gasteiger partial charge >= 0.3 is 0 Å². The van der Waals surface area contributed by atoms with Crippen LogP contribution in [0.15, 0.2) is 60.7 Å². The van der Waals surface area contributed by atoms with Gasteiger partial charge in [-0.3, -0.25) is 4.79 Å². The summed E-state index contributed by atoms with van der Waals surface area (Å²) in [4.78, 5) is 15.2. The van der Waals surface area contributed by atoms with E-state index in [4.69, 9.17) is 5.73 Å². The average molecular weight is 322 g/mol. The number of rotatable bonds is 6. The molecule has 2 N–H and O–H groups in total. The van der Waals surface area contributed by atoms with Crippen LogP contribution in [0.5, 0.6) is 0 Å². The van der Waals surface area contributed by atoms with Gasteiger partial charge in [0.1, 0.15) is 0 Å². The number of hydrogen-bond acceptors (Lipinski definition) is 2. The Morgan fingerprint density at radius 2 is 1.62 bits per heavy atom. The minimum Gasteiger partial charge on any atom is -0.342 e. The third kappa shape index (κ3) is 2.73. The third-order valence-corrected chi connectivity index (χ3v) is 5.35. The highest BCUT2D eigenvalue weighted by molar-refractivity contribution is 5.92. The zero-order chi connectivity index (χ0) is 17.2. The first-order valence-electron chi connectivity index (χ1n) is 8.80. The molecule has 1 amide bonds. The zero-order valence-electron chi connectivity index (χ0n) is 14.5. The topological polar surface area (TPSA) is 46.3 Å². The fourth-order valence-corrected chi connectivity index (χ4v) is 3.86. The number of amides is 1. The number of likely N-dealkylation sites (N-methyl/N-ethyl adjacent to an activating group) is 1. The molecule has 1 saturated carbocycles. The molecule has 3 nitrogen and oxygen atoms in total. The minimum absolute atomic E-state index is 0.120. The number of carbonyl (C=O) groups is 1. The van der Waals surface area contributed by atoms with Crippen LogP contribution >= 0.6 is 0 Å². The molecule has 1 aliphatic carbocycles. The highest BCUT2D eigenvalue weighted by atomic mass is 16.2. The summed E-state index contributed by atoms with van der Waals surface area (Å²) < 4.78 is 0. The first-order valence-corrected chi connectivity index (χ1v) is 8.80. The molecule has 0 heterocycles. The van der Waals surface area contributed by atoms with Crippen LogP contribution in [0.25, 0.3) is 0 Å². The van der Waals surface area contributed by atoms with Gasteiger partial charge in [0, 0.05) is 19.1 Å². The molecule has 0 saturated heterocycles. The standard InChI is InChI=1S/C21H26N2O/c1-3-23(4-2)20(24)21(17-13-9-6-10-14-17)15-18(21)19(22)16-11-7-5-8-12-16/h5-14,18-19H,3-4,15,22H2,1-2H3/t18-,19-,21+/m0/s1. The Hall–Kier alpha value is -2.13. The minimum atomic E-state index is -0.470. The van der Waals surface area contributed by atoms with Crippen LogP contribution in [0, 0.1) is 5.92 Å². The number of nitrogens with zero attached hydrogens (tertiary/aromatic N) is 1. The molecule has 0 aromatic heterocycles. The van der Waals surface area contributed by atoms with Gasteiger partial charge in [0.2, 0.25) is 5.91 Å². The number of carbonyl (C=O) groups excluding carboxylic acids is 1. The molecule has 24 heavy (non-hydrogen) atoms. The van der Waals surface area contributed by atoms with E-state index in [1.807, 2.05) is 55.1 Å². The van der Waals surface area contributed by atoms with Crippen molar-refractivity contribution in [2.45, 2.75) is 31.7 Å². The first kappa shape index (κ1) is 16.7. The van der Waals surface area contributed by atoms with Crippen LogP contribution in [0.1, 0.15) is 37.4 Å². The van der Waals surface area contributed by atoms with Gasteiger partial charge < -0.3 is 10.6 Å². The SMILES string of the molecule is CCN(CC)C(=O)[C@@]1(c2ccccc2)C[C@H]1[C@@H](N)c1ccccc1. The van der Waals surface area contributed by atoms with Crippen molar-refractivity contribution in [1.29, 1.82) is 0 Å². The van der Waals surface area contributed by atoms with E-state index in [1.165, 1.54) is 0 Å². The summed E-state index contributed by atoms with van der Waals surface area (Å²) in [5.74, 6) is 0.366. The van der Waals surface area contributed by atoms with E-state index in [2.05, 4.69) is 24.3 Å². The molecule has 0 radical (unpaired) electrons. The molecule has 126 valence electrons. The molecule has 2 aromatic rings. The van der Waals surface area contributed by atoms with Crippen LogP contribution in [0.3, 0.4) is 0 Å². The molecule has 3 rings (SSSR count). The monoisotopic (exact) mass is 322 g/mol. The van der Waals surface area contributed by atoms with Crippen molar-refractivity contribution < 1.29 is 4.79 Å². The summed E-state index contributed by atoms with van der Waals surface area (Å²) in [6.45, 7) is 5.54. The number of hydrogen-bond donors (Lipinski definition) is 1. The van der Waals surface area contributed by atoms with Gasteiger partial charge in [-0.25, -0.2) is 0 Å². The summed E-state index contributed by atoms with van der Waals surface area (Å²) in [6, 6.07) is 20.2. The fraction of sp³-hybridized carbons (Fsp3) is 0.381. The van der Waals surface area contributed by atoms with Crippen molar-refractivity contribution in [3.8, 4) is 0 Å². The largest absolute Gasteiger partial charge is 0.342 e. The Bertz CT molecular complexity index is 681. The molecule has 0 aliphatic heterocycles. The second kappa shape index (κ2) is 6.78. The van der Waals surface area contributed by atoms with Gasteiger partial charge in [-0.2, -0.15) is 0 Å². The van der Waals surface area contributed by atoms with E-state index in [1.54, 1.807) is 0 Å². The van der Waals surface area contributed by atoms with Crippen molar-refractivity contribution in [3.05, 3.63) is 71.8 Å². The molecule has 0 bridgehead atoms. The molecule has 1 fully saturated rings. The van der Waals surface area contributed by atoms with E-state index in [-0.39, 0.29) is 17.9 Å². The highest BCUT2D eigenvalue weighted by Crippen LogP contribution is 2.60. The summed E-state index contributed by atoms with van der Waals surface area (Å²) >= 11 is 0. The summed E-state index contributed by atoms with van der Waals surface area (Å²) in [6.07, 6.45) is 0.822. The Morgan fingerprint density at radius 1 is 1.08 bits per heavy atom. The van der Waals surface area contributed by atoms with Gasteiger partial charge in [0.25, 0.3) is 0 Å². The quantitative estimate of drug-likeness (QED) is 0.884. The lowest BCUT2D eigenvalue weighted by atomic mass is 9.87. The van der Waals surface area contributed by atoms with E-state index in [9.17, 15) is 4.79 Å². The Kier molecular flexibility index (Phi) is 4.72. The van der Waals surface area contributed by atoms with Gasteiger partial charge in [0.15, 0.2) is 0 Å². The maximum Gasteiger partial charge on any atom is 0.233 e. The molecule has 0 unspecified atom stereocenters. The predicted octanol–water partition coefficient (Wildman–Crippen LogP) is 3.51. The number of benzene rings is 2. The van der Waals surface area contributed by atoms with Crippen molar-refractivity contribution in [1.82, 2.24) is 4.90 Å². The lowest BCUT2D eigenvalue weighted by molar-refractivity contribution is -0.134. The van der Waals surface area contributed by atoms with E-state index >= 15 is 0 Å². The van der Waals surface area contributed by atoms with Gasteiger partial charge in [-0.1, -0.05) is 60.7 Å². The van der Waals surface area contributed by atoms with Crippen LogP contribution in [-0.2, 0) is 10.2 Å². The van der Waals surface area contributed by atoms with Gasteiger partial charge in [0.05, 0.1) is 5.41 Å². The maximum absolute atomic E-state index is 13.3. The first-order chi connectivity index (χ1) is 11.6. The predicted molar refractivity (Wildman–Crippen MR) is 97.5 cm³/mol. The third-order valence-electron chi connectivity index (χ3n) is 5.35. The van der Waals surface area contributed by atoms with Crippen LogP contribution < -0.4 is 5.73 Å². The fourth-order valence-electron chi connectivity index (χ4n) is 3.86. The maximum atomic E-state index is 13.3. The van der Waals surface area contributed by atoms with Crippen molar-refractivity contribution >= 4 is 5.91 Å². The van der Waals surface area contributed by atoms with Crippen LogP contribution in [-0.4, -0.2) is 23.9 Å². The summed E-state index contributed by atoms with van der Waals surface area (Å²) in [7, 11) is 0. The van der Waals surface area contributed by atoms with Crippen LogP contribution in [0.4, 0.5) is 0 Å². The van der Waals surface area contributed by atoms with Crippen molar-refractivity contribution in [2.24, 2.45) is 11.7 Å². The smallest absolute Gasteiger partial charge is 0.233 e. The number of nitrogens with two attached hydrogens (primary N) is 1. The van der Waals surface area contributed by atoms with E-state index in [0.29, 0.717) is 0 Å². The zero-order valence-corrected chi connectivity index (χ0v) is 14.5. The van der Waals surface area contributed by atoms with Crippen molar-refractivity contribution in [3.63, 3.8) is 0 Å². The molecule has 3 heteroatoms. The van der Waals surface area contributed by atoms with E-state index in [0.717, 1.165) is 30.6 Å². The molecule has 1 aliphatic rings. The lowest BCUT2D eigenvalue weighted by Crippen LogP contribution is -2.41. The molecular weight excluding hydrogens is 296 g/mol. The highest BCUT2D eigenvalue weighted by Gasteiger charge is 2.63. The van der Waals surface area contributed by atoms with Crippen LogP contribution in [0.2, 0.25) is 0 Å². The molecule has 2 aromatic carbocycles. The summed E-state index contributed by atoms with van der Waals surface area (Å²) in [5.41, 5.74) is 8.29. The second-order valence-electron chi connectivity index (χ2n) is 6.56. The second-order valence-corrected chi connectivity index (χ2v) is 6.56. The lowest BCUT2D eigenvalue weighted by Gasteiger charge is -2.28. The Balaban J connectivity index is 1.96. The molecular formula is C21H26N2O. The molecule has 3 atom stereocenters. The van der Waals surface area contributed by atoms with Gasteiger partial charge in [-0.15, -0.1) is 0 Å². The average Bonchev–Trinajstić information content (AvgIpc) is 3.40. The van der Waals surface area contributed by atoms with E-state index < -0.39 is 5.41 Å². The van der Waals surface area contributed by atoms with Gasteiger partial charge in [-0.05, 0) is 37.3 Å². The van der Waals surface area contributed by atoms with Crippen molar-refractivity contribution in [2.75, 3.05) is 13.1 Å². The molecule has 0 spiro atoms. The summed E-state index contributed by atoms with van der Waals surface area (Å²) in [5, 5.41) is 0. The Morgan fingerprint density at radius 3 is 2.17 bits per heavy atom. The normalized spacial score (nSPS) is 23.5.